The van der Waals surface area contributed by atoms with Crippen molar-refractivity contribution in [3.63, 3.8) is 0 Å². The number of aliphatic hydroxyl groups excluding tert-OH is 1. The molecule has 4 fully saturated rings. The molecule has 44 heavy (non-hydrogen) atoms. The number of halogens is 2. The van der Waals surface area contributed by atoms with E-state index in [9.17, 15) is 19.0 Å². The molecule has 8 rings (SSSR count). The van der Waals surface area contributed by atoms with Crippen LogP contribution in [0.15, 0.2) is 24.3 Å². The summed E-state index contributed by atoms with van der Waals surface area (Å²) in [6, 6.07) is 6.93. The Morgan fingerprint density at radius 3 is 2.82 bits per heavy atom. The molecule has 2 aromatic carbocycles. The second-order valence-corrected chi connectivity index (χ2v) is 13.7. The number of aliphatic hydroxyl groups is 1. The Balaban J connectivity index is 1.16. The lowest BCUT2D eigenvalue weighted by Crippen LogP contribution is -2.43. The molecule has 0 radical (unpaired) electrons. The summed E-state index contributed by atoms with van der Waals surface area (Å²) in [5, 5.41) is 22.9. The molecule has 0 unspecified atom stereocenters. The summed E-state index contributed by atoms with van der Waals surface area (Å²) in [6.45, 7) is 6.41. The van der Waals surface area contributed by atoms with Crippen LogP contribution >= 0.6 is 0 Å². The molecule has 1 aromatic heterocycles. The van der Waals surface area contributed by atoms with Gasteiger partial charge in [-0.15, -0.1) is 0 Å². The van der Waals surface area contributed by atoms with E-state index in [-0.39, 0.29) is 29.1 Å². The van der Waals surface area contributed by atoms with Crippen LogP contribution in [0, 0.1) is 17.7 Å². The van der Waals surface area contributed by atoms with Crippen LogP contribution < -0.4 is 14.5 Å². The number of phenolic OH excluding ortho intramolecular Hbond substituents is 1. The van der Waals surface area contributed by atoms with Crippen molar-refractivity contribution < 1.29 is 23.7 Å². The van der Waals surface area contributed by atoms with Gasteiger partial charge < -0.3 is 24.7 Å². The fourth-order valence-electron chi connectivity index (χ4n) is 9.05. The summed E-state index contributed by atoms with van der Waals surface area (Å²) in [4.78, 5) is 16.7. The Labute approximate surface area is 256 Å². The van der Waals surface area contributed by atoms with E-state index in [0.717, 1.165) is 78.9 Å². The number of fused-ring (bicyclic) bond motifs is 4. The van der Waals surface area contributed by atoms with Crippen LogP contribution in [0.2, 0.25) is 0 Å². The van der Waals surface area contributed by atoms with Crippen molar-refractivity contribution in [1.29, 1.82) is 0 Å². The zero-order valence-electron chi connectivity index (χ0n) is 25.3. The van der Waals surface area contributed by atoms with Gasteiger partial charge in [0.2, 0.25) is 0 Å². The second-order valence-electron chi connectivity index (χ2n) is 13.7. The van der Waals surface area contributed by atoms with Crippen molar-refractivity contribution in [2.24, 2.45) is 11.8 Å². The number of aromatic hydroxyl groups is 1. The van der Waals surface area contributed by atoms with Crippen LogP contribution in [0.1, 0.15) is 55.8 Å². The van der Waals surface area contributed by atoms with E-state index in [1.54, 1.807) is 18.2 Å². The number of nitrogens with zero attached hydrogens (tertiary/aromatic N) is 5. The number of hydrogen-bond acceptors (Lipinski definition) is 8. The van der Waals surface area contributed by atoms with Crippen molar-refractivity contribution in [2.45, 2.75) is 76.2 Å². The maximum absolute atomic E-state index is 15.0. The Kier molecular flexibility index (Phi) is 6.86. The number of phenols is 1. The van der Waals surface area contributed by atoms with E-state index in [1.807, 2.05) is 6.92 Å². The summed E-state index contributed by atoms with van der Waals surface area (Å²) < 4.78 is 35.8. The minimum atomic E-state index is -0.835. The minimum absolute atomic E-state index is 0.143. The molecule has 5 atom stereocenters. The number of hydrogen-bond donors (Lipinski definition) is 2. The van der Waals surface area contributed by atoms with Crippen molar-refractivity contribution in [3.8, 4) is 11.8 Å². The standard InChI is InChI=1S/C34H41F2N5O3/c1-2-24-27(36)6-4-20-12-23(42)13-29(31(20)24)39-11-8-25-28(18-39)37-33(44-19-34-9-3-10-41(34)16-22(35)14-34)38-32(25)40-15-21-5-7-30(43)26(21)17-40/h4,6,12-13,21-22,26,30,42-43H,2-3,5,7-11,14-19H2,1H3/t21-,22-,26+,30+,34+/m1/s1. The van der Waals surface area contributed by atoms with Crippen LogP contribution in [0.3, 0.4) is 0 Å². The van der Waals surface area contributed by atoms with E-state index in [2.05, 4.69) is 14.7 Å². The van der Waals surface area contributed by atoms with Crippen LogP contribution in [-0.2, 0) is 19.4 Å². The molecule has 8 nitrogen and oxygen atoms in total. The molecular formula is C34H41F2N5O3. The van der Waals surface area contributed by atoms with Gasteiger partial charge in [0, 0.05) is 61.2 Å². The summed E-state index contributed by atoms with van der Waals surface area (Å²) in [5.41, 5.74) is 3.07. The van der Waals surface area contributed by atoms with E-state index in [1.165, 1.54) is 6.07 Å². The molecule has 0 spiro atoms. The first-order valence-electron chi connectivity index (χ1n) is 16.4. The van der Waals surface area contributed by atoms with Gasteiger partial charge in [-0.05, 0) is 74.1 Å². The lowest BCUT2D eigenvalue weighted by molar-refractivity contribution is 0.107. The van der Waals surface area contributed by atoms with Crippen LogP contribution in [0.25, 0.3) is 10.8 Å². The molecule has 3 aromatic rings. The highest BCUT2D eigenvalue weighted by molar-refractivity contribution is 5.98. The molecule has 2 N–H and O–H groups in total. The third kappa shape index (κ3) is 4.59. The van der Waals surface area contributed by atoms with Gasteiger partial charge in [0.25, 0.3) is 0 Å². The van der Waals surface area contributed by atoms with E-state index >= 15 is 0 Å². The maximum atomic E-state index is 15.0. The van der Waals surface area contributed by atoms with Gasteiger partial charge in [-0.25, -0.2) is 8.78 Å². The monoisotopic (exact) mass is 605 g/mol. The predicted molar refractivity (Wildman–Crippen MR) is 165 cm³/mol. The number of anilines is 2. The Morgan fingerprint density at radius 1 is 1.09 bits per heavy atom. The van der Waals surface area contributed by atoms with Gasteiger partial charge in [-0.2, -0.15) is 9.97 Å². The Bertz CT molecular complexity index is 1610. The third-order valence-electron chi connectivity index (χ3n) is 11.2. The van der Waals surface area contributed by atoms with Gasteiger partial charge >= 0.3 is 6.01 Å². The van der Waals surface area contributed by atoms with Crippen molar-refractivity contribution in [2.75, 3.05) is 49.1 Å². The fraction of sp³-hybridized carbons (Fsp3) is 0.588. The molecule has 0 amide bonds. The summed E-state index contributed by atoms with van der Waals surface area (Å²) in [7, 11) is 0. The molecule has 5 heterocycles. The molecule has 0 bridgehead atoms. The normalized spacial score (nSPS) is 29.8. The molecule has 4 aliphatic heterocycles. The number of benzene rings is 2. The number of rotatable bonds is 6. The zero-order chi connectivity index (χ0) is 30.2. The second kappa shape index (κ2) is 10.7. The number of aromatic nitrogens is 2. The van der Waals surface area contributed by atoms with E-state index in [4.69, 9.17) is 14.7 Å². The third-order valence-corrected chi connectivity index (χ3v) is 11.2. The highest BCUT2D eigenvalue weighted by Gasteiger charge is 2.49. The number of aryl methyl sites for hydroxylation is 1. The highest BCUT2D eigenvalue weighted by atomic mass is 19.1. The van der Waals surface area contributed by atoms with Gasteiger partial charge in [0.1, 0.15) is 30.2 Å². The minimum Gasteiger partial charge on any atom is -0.508 e. The van der Waals surface area contributed by atoms with Gasteiger partial charge in [0.15, 0.2) is 0 Å². The lowest BCUT2D eigenvalue weighted by atomic mass is 9.95. The molecule has 1 saturated carbocycles. The van der Waals surface area contributed by atoms with E-state index in [0.29, 0.717) is 63.0 Å². The van der Waals surface area contributed by atoms with Gasteiger partial charge in [0.05, 0.1) is 23.9 Å². The molecule has 1 aliphatic carbocycles. The first kappa shape index (κ1) is 28.2. The summed E-state index contributed by atoms with van der Waals surface area (Å²) in [5.74, 6) is 1.48. The Morgan fingerprint density at radius 2 is 1.98 bits per heavy atom. The lowest BCUT2D eigenvalue weighted by Gasteiger charge is -2.34. The molecule has 234 valence electrons. The van der Waals surface area contributed by atoms with Gasteiger partial charge in [-0.3, -0.25) is 4.90 Å². The smallest absolute Gasteiger partial charge is 0.318 e. The van der Waals surface area contributed by atoms with E-state index < -0.39 is 6.17 Å². The quantitative estimate of drug-likeness (QED) is 0.416. The summed E-state index contributed by atoms with van der Waals surface area (Å²) >= 11 is 0. The first-order valence-corrected chi connectivity index (χ1v) is 16.4. The summed E-state index contributed by atoms with van der Waals surface area (Å²) in [6.07, 6.45) is 4.43. The van der Waals surface area contributed by atoms with Gasteiger partial charge in [-0.1, -0.05) is 13.0 Å². The fourth-order valence-corrected chi connectivity index (χ4v) is 9.05. The van der Waals surface area contributed by atoms with Crippen LogP contribution in [-0.4, -0.2) is 82.2 Å². The SMILES string of the molecule is CCc1c(F)ccc2cc(O)cc(N3CCc4c(nc(OC[C@@]56CCCN5C[C@H](F)C6)nc4N4C[C@H]5CC[C@H](O)[C@H]5C4)C3)c12. The van der Waals surface area contributed by atoms with Crippen molar-refractivity contribution >= 4 is 22.3 Å². The molecule has 10 heteroatoms. The number of ether oxygens (including phenoxy) is 1. The average Bonchev–Trinajstić information content (AvgIpc) is 3.76. The van der Waals surface area contributed by atoms with Crippen LogP contribution in [0.5, 0.6) is 11.8 Å². The molecule has 5 aliphatic rings. The highest BCUT2D eigenvalue weighted by Crippen LogP contribution is 2.44. The largest absolute Gasteiger partial charge is 0.508 e. The van der Waals surface area contributed by atoms with Crippen molar-refractivity contribution in [3.05, 3.63) is 46.9 Å². The number of alkyl halides is 1. The average molecular weight is 606 g/mol. The predicted octanol–water partition coefficient (Wildman–Crippen LogP) is 4.76. The zero-order valence-corrected chi connectivity index (χ0v) is 25.3. The van der Waals surface area contributed by atoms with Crippen molar-refractivity contribution in [1.82, 2.24) is 14.9 Å². The first-order chi connectivity index (χ1) is 21.3. The Hall–Kier alpha value is -3.24. The topological polar surface area (TPSA) is 85.2 Å². The molecular weight excluding hydrogens is 564 g/mol. The maximum Gasteiger partial charge on any atom is 0.318 e. The molecule has 3 saturated heterocycles. The van der Waals surface area contributed by atoms with Crippen LogP contribution in [0.4, 0.5) is 20.3 Å².